The lowest BCUT2D eigenvalue weighted by atomic mass is 10.2. The Morgan fingerprint density at radius 3 is 2.65 bits per heavy atom. The molecule has 0 aromatic heterocycles. The molecule has 4 heteroatoms. The summed E-state index contributed by atoms with van der Waals surface area (Å²) in [6, 6.07) is 11.6. The van der Waals surface area contributed by atoms with Crippen molar-refractivity contribution in [3.05, 3.63) is 42.0 Å². The van der Waals surface area contributed by atoms with Crippen molar-refractivity contribution < 1.29 is 9.47 Å². The molecule has 3 N–H and O–H groups in total. The fourth-order valence-electron chi connectivity index (χ4n) is 2.02. The lowest BCUT2D eigenvalue weighted by Gasteiger charge is -2.14. The van der Waals surface area contributed by atoms with Gasteiger partial charge in [-0.1, -0.05) is 6.07 Å². The Morgan fingerprint density at radius 2 is 1.95 bits per heavy atom. The third kappa shape index (κ3) is 3.35. The van der Waals surface area contributed by atoms with Gasteiger partial charge in [0.15, 0.2) is 0 Å². The van der Waals surface area contributed by atoms with Gasteiger partial charge in [0.05, 0.1) is 19.4 Å². The SMILES string of the molecule is CCOc1cc(N)cc(Nc2cc(C)ccc2OC)c1. The molecule has 0 aliphatic carbocycles. The number of methoxy groups -OCH3 is 1. The lowest BCUT2D eigenvalue weighted by Crippen LogP contribution is -1.98. The van der Waals surface area contributed by atoms with E-state index in [1.807, 2.05) is 50.2 Å². The van der Waals surface area contributed by atoms with Crippen molar-refractivity contribution in [1.82, 2.24) is 0 Å². The molecule has 0 fully saturated rings. The van der Waals surface area contributed by atoms with Gasteiger partial charge in [-0.2, -0.15) is 0 Å². The highest BCUT2D eigenvalue weighted by molar-refractivity contribution is 5.70. The van der Waals surface area contributed by atoms with E-state index >= 15 is 0 Å². The smallest absolute Gasteiger partial charge is 0.142 e. The van der Waals surface area contributed by atoms with Crippen LogP contribution < -0.4 is 20.5 Å². The minimum atomic E-state index is 0.608. The largest absolute Gasteiger partial charge is 0.495 e. The Labute approximate surface area is 119 Å². The number of nitrogen functional groups attached to an aromatic ring is 1. The topological polar surface area (TPSA) is 56.5 Å². The summed E-state index contributed by atoms with van der Waals surface area (Å²) in [7, 11) is 1.65. The maximum absolute atomic E-state index is 5.89. The van der Waals surface area contributed by atoms with Crippen molar-refractivity contribution in [2.24, 2.45) is 0 Å². The number of hydrogen-bond acceptors (Lipinski definition) is 4. The molecule has 0 atom stereocenters. The maximum atomic E-state index is 5.89. The van der Waals surface area contributed by atoms with Gasteiger partial charge in [0.2, 0.25) is 0 Å². The van der Waals surface area contributed by atoms with Crippen LogP contribution in [-0.4, -0.2) is 13.7 Å². The number of nitrogens with one attached hydrogen (secondary N) is 1. The second-order valence-corrected chi connectivity index (χ2v) is 4.55. The van der Waals surface area contributed by atoms with Gasteiger partial charge in [0.1, 0.15) is 11.5 Å². The minimum absolute atomic E-state index is 0.608. The van der Waals surface area contributed by atoms with Crippen LogP contribution >= 0.6 is 0 Å². The quantitative estimate of drug-likeness (QED) is 0.814. The average Bonchev–Trinajstić information content (AvgIpc) is 2.38. The van der Waals surface area contributed by atoms with E-state index in [4.69, 9.17) is 15.2 Å². The first-order valence-electron chi connectivity index (χ1n) is 6.57. The van der Waals surface area contributed by atoms with Crippen molar-refractivity contribution in [3.8, 4) is 11.5 Å². The third-order valence-corrected chi connectivity index (χ3v) is 2.87. The number of nitrogens with two attached hydrogens (primary N) is 1. The molecule has 0 amide bonds. The monoisotopic (exact) mass is 272 g/mol. The molecular formula is C16H20N2O2. The Kier molecular flexibility index (Phi) is 4.35. The molecule has 106 valence electrons. The average molecular weight is 272 g/mol. The van der Waals surface area contributed by atoms with Crippen LogP contribution in [0.4, 0.5) is 17.1 Å². The number of anilines is 3. The molecule has 0 heterocycles. The number of ether oxygens (including phenoxy) is 2. The molecule has 0 spiro atoms. The van der Waals surface area contributed by atoms with Crippen molar-refractivity contribution >= 4 is 17.1 Å². The third-order valence-electron chi connectivity index (χ3n) is 2.87. The molecular weight excluding hydrogens is 252 g/mol. The van der Waals surface area contributed by atoms with Crippen molar-refractivity contribution in [2.75, 3.05) is 24.8 Å². The molecule has 0 radical (unpaired) electrons. The van der Waals surface area contributed by atoms with Crippen LogP contribution in [0.2, 0.25) is 0 Å². The molecule has 0 bridgehead atoms. The van der Waals surface area contributed by atoms with Crippen molar-refractivity contribution in [3.63, 3.8) is 0 Å². The first-order chi connectivity index (χ1) is 9.62. The Morgan fingerprint density at radius 1 is 1.15 bits per heavy atom. The summed E-state index contributed by atoms with van der Waals surface area (Å²) in [6.45, 7) is 4.59. The van der Waals surface area contributed by atoms with E-state index in [0.717, 1.165) is 28.4 Å². The molecule has 0 aliphatic heterocycles. The summed E-state index contributed by atoms with van der Waals surface area (Å²) in [4.78, 5) is 0. The highest BCUT2D eigenvalue weighted by atomic mass is 16.5. The first kappa shape index (κ1) is 14.1. The van der Waals surface area contributed by atoms with Gasteiger partial charge in [-0.3, -0.25) is 0 Å². The van der Waals surface area contributed by atoms with Gasteiger partial charge in [-0.05, 0) is 37.6 Å². The van der Waals surface area contributed by atoms with Crippen LogP contribution in [0.5, 0.6) is 11.5 Å². The molecule has 2 aromatic rings. The fraction of sp³-hybridized carbons (Fsp3) is 0.250. The first-order valence-corrected chi connectivity index (χ1v) is 6.57. The number of benzene rings is 2. The highest BCUT2D eigenvalue weighted by Crippen LogP contribution is 2.31. The van der Waals surface area contributed by atoms with Gasteiger partial charge in [0, 0.05) is 23.5 Å². The summed E-state index contributed by atoms with van der Waals surface area (Å²) < 4.78 is 10.8. The zero-order valence-electron chi connectivity index (χ0n) is 12.1. The summed E-state index contributed by atoms with van der Waals surface area (Å²) in [5, 5.41) is 3.32. The predicted molar refractivity (Wildman–Crippen MR) is 83.0 cm³/mol. The van der Waals surface area contributed by atoms with Gasteiger partial charge in [0.25, 0.3) is 0 Å². The summed E-state index contributed by atoms with van der Waals surface area (Å²) >= 11 is 0. The Balaban J connectivity index is 2.31. The molecule has 4 nitrogen and oxygen atoms in total. The molecule has 0 unspecified atom stereocenters. The van der Waals surface area contributed by atoms with Gasteiger partial charge in [-0.15, -0.1) is 0 Å². The van der Waals surface area contributed by atoms with Crippen molar-refractivity contribution in [1.29, 1.82) is 0 Å². The molecule has 2 rings (SSSR count). The maximum Gasteiger partial charge on any atom is 0.142 e. The van der Waals surface area contributed by atoms with Crippen LogP contribution in [0.1, 0.15) is 12.5 Å². The van der Waals surface area contributed by atoms with Crippen LogP contribution in [-0.2, 0) is 0 Å². The zero-order chi connectivity index (χ0) is 14.5. The number of aryl methyl sites for hydroxylation is 1. The molecule has 0 saturated heterocycles. The zero-order valence-corrected chi connectivity index (χ0v) is 12.1. The molecule has 2 aromatic carbocycles. The van der Waals surface area contributed by atoms with Crippen LogP contribution in [0.15, 0.2) is 36.4 Å². The normalized spacial score (nSPS) is 10.2. The van der Waals surface area contributed by atoms with Crippen LogP contribution in [0.3, 0.4) is 0 Å². The van der Waals surface area contributed by atoms with Gasteiger partial charge >= 0.3 is 0 Å². The van der Waals surface area contributed by atoms with Gasteiger partial charge in [-0.25, -0.2) is 0 Å². The summed E-state index contributed by atoms with van der Waals surface area (Å²) in [5.41, 5.74) is 9.48. The second-order valence-electron chi connectivity index (χ2n) is 4.55. The number of hydrogen-bond donors (Lipinski definition) is 2. The predicted octanol–water partition coefficient (Wildman–Crippen LogP) is 3.73. The van der Waals surface area contributed by atoms with E-state index in [1.54, 1.807) is 7.11 Å². The van der Waals surface area contributed by atoms with E-state index in [2.05, 4.69) is 5.32 Å². The summed E-state index contributed by atoms with van der Waals surface area (Å²) in [6.07, 6.45) is 0. The van der Waals surface area contributed by atoms with E-state index < -0.39 is 0 Å². The fourth-order valence-corrected chi connectivity index (χ4v) is 2.02. The molecule has 0 saturated carbocycles. The Hall–Kier alpha value is -2.36. The lowest BCUT2D eigenvalue weighted by molar-refractivity contribution is 0.340. The van der Waals surface area contributed by atoms with E-state index in [9.17, 15) is 0 Å². The van der Waals surface area contributed by atoms with Crippen LogP contribution in [0, 0.1) is 6.92 Å². The van der Waals surface area contributed by atoms with Gasteiger partial charge < -0.3 is 20.5 Å². The second kappa shape index (κ2) is 6.19. The van der Waals surface area contributed by atoms with E-state index in [-0.39, 0.29) is 0 Å². The molecule has 20 heavy (non-hydrogen) atoms. The standard InChI is InChI=1S/C16H20N2O2/c1-4-20-14-9-12(17)8-13(10-14)18-15-7-11(2)5-6-16(15)19-3/h5-10,18H,4,17H2,1-3H3. The van der Waals surface area contributed by atoms with Crippen molar-refractivity contribution in [2.45, 2.75) is 13.8 Å². The van der Waals surface area contributed by atoms with E-state index in [0.29, 0.717) is 12.3 Å². The summed E-state index contributed by atoms with van der Waals surface area (Å²) in [5.74, 6) is 1.54. The number of rotatable bonds is 5. The highest BCUT2D eigenvalue weighted by Gasteiger charge is 2.05. The molecule has 0 aliphatic rings. The minimum Gasteiger partial charge on any atom is -0.495 e. The van der Waals surface area contributed by atoms with E-state index in [1.165, 1.54) is 0 Å². The van der Waals surface area contributed by atoms with Crippen LogP contribution in [0.25, 0.3) is 0 Å². The Bertz CT molecular complexity index is 597.